The predicted molar refractivity (Wildman–Crippen MR) is 125 cm³/mol. The van der Waals surface area contributed by atoms with Crippen LogP contribution in [0.1, 0.15) is 40.4 Å². The van der Waals surface area contributed by atoms with Crippen molar-refractivity contribution in [2.75, 3.05) is 39.8 Å². The largest absolute Gasteiger partial charge is 0.344 e. The van der Waals surface area contributed by atoms with Gasteiger partial charge in [-0.1, -0.05) is 36.4 Å². The smallest absolute Gasteiger partial charge is 0.252 e. The van der Waals surface area contributed by atoms with Gasteiger partial charge in [-0.25, -0.2) is 13.1 Å². The third-order valence-corrected chi connectivity index (χ3v) is 7.73. The van der Waals surface area contributed by atoms with Crippen LogP contribution in [-0.2, 0) is 10.0 Å². The lowest BCUT2D eigenvalue weighted by atomic mass is 10.0. The van der Waals surface area contributed by atoms with Crippen molar-refractivity contribution < 1.29 is 13.2 Å². The maximum absolute atomic E-state index is 13.3. The number of likely N-dealkylation sites (N-methyl/N-ethyl adjacent to an activating group) is 1. The summed E-state index contributed by atoms with van der Waals surface area (Å²) in [6.07, 6.45) is 1.73. The first-order valence-corrected chi connectivity index (χ1v) is 12.7. The van der Waals surface area contributed by atoms with Gasteiger partial charge >= 0.3 is 0 Å². The number of hydrogen-bond donors (Lipinski definition) is 2. The zero-order chi connectivity index (χ0) is 22.7. The molecule has 1 amide bonds. The van der Waals surface area contributed by atoms with Gasteiger partial charge in [-0.2, -0.15) is 0 Å². The fraction of sp³-hybridized carbons (Fsp3) is 0.458. The molecule has 1 atom stereocenters. The van der Waals surface area contributed by atoms with Crippen LogP contribution >= 0.6 is 0 Å². The summed E-state index contributed by atoms with van der Waals surface area (Å²) < 4.78 is 28.0. The summed E-state index contributed by atoms with van der Waals surface area (Å²) in [5, 5.41) is 3.17. The minimum Gasteiger partial charge on any atom is -0.344 e. The van der Waals surface area contributed by atoms with E-state index in [0.29, 0.717) is 12.1 Å². The van der Waals surface area contributed by atoms with E-state index in [2.05, 4.69) is 26.9 Å². The Morgan fingerprint density at radius 1 is 1.06 bits per heavy atom. The molecule has 0 radical (unpaired) electrons. The molecule has 32 heavy (non-hydrogen) atoms. The lowest BCUT2D eigenvalue weighted by Gasteiger charge is -2.35. The van der Waals surface area contributed by atoms with Crippen molar-refractivity contribution in [3.63, 3.8) is 0 Å². The second kappa shape index (κ2) is 9.70. The van der Waals surface area contributed by atoms with Crippen molar-refractivity contribution in [2.24, 2.45) is 0 Å². The van der Waals surface area contributed by atoms with Crippen LogP contribution in [0, 0.1) is 6.92 Å². The van der Waals surface area contributed by atoms with Crippen molar-refractivity contribution in [3.8, 4) is 0 Å². The van der Waals surface area contributed by atoms with E-state index in [1.807, 2.05) is 37.3 Å². The average Bonchev–Trinajstić information content (AvgIpc) is 3.59. The van der Waals surface area contributed by atoms with Gasteiger partial charge in [0.05, 0.1) is 10.9 Å². The average molecular weight is 457 g/mol. The first kappa shape index (κ1) is 22.9. The van der Waals surface area contributed by atoms with E-state index < -0.39 is 10.0 Å². The molecule has 4 rings (SSSR count). The Morgan fingerprint density at radius 3 is 2.41 bits per heavy atom. The van der Waals surface area contributed by atoms with Crippen LogP contribution in [0.5, 0.6) is 0 Å². The Balaban J connectivity index is 1.54. The van der Waals surface area contributed by atoms with Gasteiger partial charge in [-0.3, -0.25) is 9.69 Å². The number of hydrogen-bond acceptors (Lipinski definition) is 5. The molecule has 2 aliphatic rings. The Bertz CT molecular complexity index is 1050. The van der Waals surface area contributed by atoms with Gasteiger partial charge in [0.2, 0.25) is 10.0 Å². The van der Waals surface area contributed by atoms with Crippen molar-refractivity contribution in [1.29, 1.82) is 0 Å². The van der Waals surface area contributed by atoms with E-state index in [1.165, 1.54) is 6.07 Å². The van der Waals surface area contributed by atoms with Crippen LogP contribution in [0.4, 0.5) is 0 Å². The first-order chi connectivity index (χ1) is 15.3. The van der Waals surface area contributed by atoms with E-state index in [0.717, 1.165) is 50.1 Å². The first-order valence-electron chi connectivity index (χ1n) is 11.2. The Morgan fingerprint density at radius 2 is 1.75 bits per heavy atom. The minimum absolute atomic E-state index is 0.0182. The molecule has 2 aromatic rings. The van der Waals surface area contributed by atoms with Crippen molar-refractivity contribution in [3.05, 3.63) is 65.2 Å². The maximum Gasteiger partial charge on any atom is 0.252 e. The van der Waals surface area contributed by atoms with Crippen molar-refractivity contribution in [1.82, 2.24) is 19.8 Å². The van der Waals surface area contributed by atoms with Crippen molar-refractivity contribution >= 4 is 15.9 Å². The fourth-order valence-electron chi connectivity index (χ4n) is 3.95. The van der Waals surface area contributed by atoms with Gasteiger partial charge in [-0.05, 0) is 50.1 Å². The number of benzene rings is 2. The van der Waals surface area contributed by atoms with Crippen LogP contribution in [0.3, 0.4) is 0 Å². The fourth-order valence-corrected chi connectivity index (χ4v) is 5.28. The summed E-state index contributed by atoms with van der Waals surface area (Å²) in [5.74, 6) is -0.256. The van der Waals surface area contributed by atoms with E-state index in [1.54, 1.807) is 12.1 Å². The molecule has 1 aliphatic carbocycles. The number of rotatable bonds is 8. The number of aryl methyl sites for hydroxylation is 1. The molecule has 0 spiro atoms. The quantitative estimate of drug-likeness (QED) is 0.636. The third-order valence-electron chi connectivity index (χ3n) is 6.21. The molecular weight excluding hydrogens is 424 g/mol. The molecule has 7 nitrogen and oxygen atoms in total. The highest BCUT2D eigenvalue weighted by Crippen LogP contribution is 2.24. The van der Waals surface area contributed by atoms with E-state index in [4.69, 9.17) is 0 Å². The van der Waals surface area contributed by atoms with Gasteiger partial charge in [0.25, 0.3) is 5.91 Å². The summed E-state index contributed by atoms with van der Waals surface area (Å²) in [6, 6.07) is 14.5. The number of nitrogens with zero attached hydrogens (tertiary/aromatic N) is 2. The number of piperazine rings is 1. The molecule has 1 aliphatic heterocycles. The third kappa shape index (κ3) is 5.75. The lowest BCUT2D eigenvalue weighted by molar-refractivity contribution is 0.0906. The maximum atomic E-state index is 13.3. The molecule has 2 aromatic carbocycles. The zero-order valence-electron chi connectivity index (χ0n) is 18.8. The molecule has 172 valence electrons. The molecule has 8 heteroatoms. The Kier molecular flexibility index (Phi) is 6.95. The van der Waals surface area contributed by atoms with Crippen LogP contribution < -0.4 is 10.0 Å². The standard InChI is InChI=1S/C24H32N4O3S/c1-18-8-11-21(32(30,31)26-20-9-10-20)16-22(18)24(29)25-23(19-6-4-3-5-7-19)17-28-14-12-27(2)13-15-28/h3-8,11,16,20,23,26H,9-10,12-15,17H2,1-2H3,(H,25,29). The summed E-state index contributed by atoms with van der Waals surface area (Å²) >= 11 is 0. The Hall–Kier alpha value is -2.26. The summed E-state index contributed by atoms with van der Waals surface area (Å²) in [5.41, 5.74) is 2.18. The molecule has 1 saturated heterocycles. The van der Waals surface area contributed by atoms with Crippen LogP contribution in [-0.4, -0.2) is 69.9 Å². The molecule has 1 heterocycles. The zero-order valence-corrected chi connectivity index (χ0v) is 19.6. The van der Waals surface area contributed by atoms with Gasteiger partial charge in [-0.15, -0.1) is 0 Å². The summed E-state index contributed by atoms with van der Waals surface area (Å²) in [7, 11) is -1.50. The van der Waals surface area contributed by atoms with Crippen molar-refractivity contribution in [2.45, 2.75) is 36.7 Å². The highest BCUT2D eigenvalue weighted by molar-refractivity contribution is 7.89. The number of sulfonamides is 1. The Labute approximate surface area is 190 Å². The molecule has 0 bridgehead atoms. The molecule has 2 fully saturated rings. The van der Waals surface area contributed by atoms with Crippen LogP contribution in [0.25, 0.3) is 0 Å². The van der Waals surface area contributed by atoms with Crippen LogP contribution in [0.2, 0.25) is 0 Å². The van der Waals surface area contributed by atoms with Crippen LogP contribution in [0.15, 0.2) is 53.4 Å². The summed E-state index contributed by atoms with van der Waals surface area (Å²) in [6.45, 7) is 6.46. The molecule has 0 aromatic heterocycles. The highest BCUT2D eigenvalue weighted by atomic mass is 32.2. The number of carbonyl (C=O) groups is 1. The molecule has 2 N–H and O–H groups in total. The SMILES string of the molecule is Cc1ccc(S(=O)(=O)NC2CC2)cc1C(=O)NC(CN1CCN(C)CC1)c1ccccc1. The topological polar surface area (TPSA) is 81.7 Å². The number of carbonyl (C=O) groups excluding carboxylic acids is 1. The molecular formula is C24H32N4O3S. The number of nitrogens with one attached hydrogen (secondary N) is 2. The predicted octanol–water partition coefficient (Wildman–Crippen LogP) is 2.15. The van der Waals surface area contributed by atoms with E-state index >= 15 is 0 Å². The normalized spacial score (nSPS) is 18.9. The second-order valence-corrected chi connectivity index (χ2v) is 10.6. The lowest BCUT2D eigenvalue weighted by Crippen LogP contribution is -2.47. The van der Waals surface area contributed by atoms with Gasteiger partial charge < -0.3 is 10.2 Å². The second-order valence-electron chi connectivity index (χ2n) is 8.91. The van der Waals surface area contributed by atoms with Gasteiger partial charge in [0.1, 0.15) is 0 Å². The van der Waals surface area contributed by atoms with Gasteiger partial charge in [0, 0.05) is 44.3 Å². The summed E-state index contributed by atoms with van der Waals surface area (Å²) in [4.78, 5) is 18.1. The monoisotopic (exact) mass is 456 g/mol. The minimum atomic E-state index is -3.62. The van der Waals surface area contributed by atoms with E-state index in [-0.39, 0.29) is 22.9 Å². The van der Waals surface area contributed by atoms with E-state index in [9.17, 15) is 13.2 Å². The number of amides is 1. The highest BCUT2D eigenvalue weighted by Gasteiger charge is 2.29. The molecule has 1 unspecified atom stereocenters. The van der Waals surface area contributed by atoms with Gasteiger partial charge in [0.15, 0.2) is 0 Å². The molecule has 1 saturated carbocycles.